The van der Waals surface area contributed by atoms with E-state index in [1.807, 2.05) is 42.8 Å². The number of nitriles is 1. The molecule has 1 aromatic heterocycles. The molecule has 0 aliphatic heterocycles. The molecule has 0 bridgehead atoms. The highest BCUT2D eigenvalue weighted by atomic mass is 16.5. The quantitative estimate of drug-likeness (QED) is 0.698. The Morgan fingerprint density at radius 3 is 2.68 bits per heavy atom. The molecule has 3 rings (SSSR count). The third-order valence-electron chi connectivity index (χ3n) is 4.12. The number of ether oxygens (including phenoxy) is 1. The predicted molar refractivity (Wildman–Crippen MR) is 109 cm³/mol. The first-order valence-corrected chi connectivity index (χ1v) is 9.09. The zero-order chi connectivity index (χ0) is 19.9. The highest BCUT2D eigenvalue weighted by Crippen LogP contribution is 2.20. The van der Waals surface area contributed by atoms with E-state index in [4.69, 9.17) is 10.5 Å². The van der Waals surface area contributed by atoms with Crippen LogP contribution in [0.3, 0.4) is 0 Å². The molecule has 5 heteroatoms. The van der Waals surface area contributed by atoms with Crippen molar-refractivity contribution in [1.82, 2.24) is 9.55 Å². The van der Waals surface area contributed by atoms with Crippen LogP contribution in [0.4, 0.5) is 0 Å². The number of aromatic nitrogens is 2. The number of nitrogens with two attached hydrogens (primary N) is 1. The summed E-state index contributed by atoms with van der Waals surface area (Å²) < 4.78 is 7.66. The second-order valence-corrected chi connectivity index (χ2v) is 6.67. The Bertz CT molecular complexity index is 1050. The summed E-state index contributed by atoms with van der Waals surface area (Å²) in [4.78, 5) is 4.06. The highest BCUT2D eigenvalue weighted by Gasteiger charge is 2.06. The zero-order valence-corrected chi connectivity index (χ0v) is 16.0. The van der Waals surface area contributed by atoms with Gasteiger partial charge in [-0.3, -0.25) is 0 Å². The second kappa shape index (κ2) is 8.90. The van der Waals surface area contributed by atoms with Gasteiger partial charge in [-0.2, -0.15) is 5.26 Å². The van der Waals surface area contributed by atoms with Gasteiger partial charge >= 0.3 is 0 Å². The van der Waals surface area contributed by atoms with Crippen LogP contribution in [0.1, 0.15) is 41.7 Å². The van der Waals surface area contributed by atoms with Crippen LogP contribution >= 0.6 is 0 Å². The van der Waals surface area contributed by atoms with E-state index in [0.717, 1.165) is 28.8 Å². The van der Waals surface area contributed by atoms with E-state index in [2.05, 4.69) is 29.0 Å². The van der Waals surface area contributed by atoms with E-state index < -0.39 is 0 Å². The highest BCUT2D eigenvalue weighted by molar-refractivity contribution is 5.53. The molecule has 28 heavy (non-hydrogen) atoms. The minimum Gasteiger partial charge on any atom is -0.490 e. The topological polar surface area (TPSA) is 76.9 Å². The Kier molecular flexibility index (Phi) is 6.11. The average molecular weight is 370 g/mol. The molecule has 0 aliphatic carbocycles. The number of rotatable bonds is 5. The first-order chi connectivity index (χ1) is 13.6. The summed E-state index contributed by atoms with van der Waals surface area (Å²) in [6, 6.07) is 13.7. The Morgan fingerprint density at radius 2 is 2.00 bits per heavy atom. The summed E-state index contributed by atoms with van der Waals surface area (Å²) in [6.07, 6.45) is 5.48. The van der Waals surface area contributed by atoms with Gasteiger partial charge in [0.1, 0.15) is 11.8 Å². The van der Waals surface area contributed by atoms with Gasteiger partial charge < -0.3 is 15.0 Å². The molecule has 3 aromatic rings. The Morgan fingerprint density at radius 1 is 1.14 bits per heavy atom. The number of hydrogen-bond donors (Lipinski definition) is 1. The lowest BCUT2D eigenvalue weighted by Gasteiger charge is -2.11. The van der Waals surface area contributed by atoms with E-state index in [-0.39, 0.29) is 6.10 Å². The molecular weight excluding hydrogens is 348 g/mol. The first kappa shape index (κ1) is 19.2. The largest absolute Gasteiger partial charge is 0.490 e. The molecule has 0 aliphatic rings. The van der Waals surface area contributed by atoms with E-state index in [1.165, 1.54) is 0 Å². The van der Waals surface area contributed by atoms with Crippen LogP contribution in [0.15, 0.2) is 55.1 Å². The molecule has 0 saturated carbocycles. The minimum atomic E-state index is 0.0111. The van der Waals surface area contributed by atoms with Crippen molar-refractivity contribution in [3.05, 3.63) is 82.9 Å². The van der Waals surface area contributed by atoms with Gasteiger partial charge in [0.15, 0.2) is 0 Å². The van der Waals surface area contributed by atoms with Crippen LogP contribution in [0.25, 0.3) is 0 Å². The third kappa shape index (κ3) is 4.79. The molecule has 0 fully saturated rings. The van der Waals surface area contributed by atoms with Crippen molar-refractivity contribution in [2.24, 2.45) is 5.73 Å². The monoisotopic (exact) mass is 370 g/mol. The van der Waals surface area contributed by atoms with Gasteiger partial charge in [-0.25, -0.2) is 4.98 Å². The van der Waals surface area contributed by atoms with Crippen molar-refractivity contribution in [2.75, 3.05) is 0 Å². The Balaban J connectivity index is 1.84. The molecule has 0 amide bonds. The maximum absolute atomic E-state index is 9.36. The van der Waals surface area contributed by atoms with Crippen LogP contribution in [0.2, 0.25) is 0 Å². The lowest BCUT2D eigenvalue weighted by Crippen LogP contribution is -2.06. The average Bonchev–Trinajstić information content (AvgIpc) is 3.20. The summed E-state index contributed by atoms with van der Waals surface area (Å²) in [5, 5.41) is 9.36. The van der Waals surface area contributed by atoms with Crippen LogP contribution in [-0.2, 0) is 13.1 Å². The van der Waals surface area contributed by atoms with Gasteiger partial charge in [-0.05, 0) is 49.2 Å². The van der Waals surface area contributed by atoms with Crippen molar-refractivity contribution in [1.29, 1.82) is 5.26 Å². The fourth-order valence-electron chi connectivity index (χ4n) is 2.82. The summed E-state index contributed by atoms with van der Waals surface area (Å²) in [5.41, 5.74) is 10.2. The van der Waals surface area contributed by atoms with Gasteiger partial charge in [-0.1, -0.05) is 24.0 Å². The molecule has 2 aromatic carbocycles. The minimum absolute atomic E-state index is 0.0111. The van der Waals surface area contributed by atoms with Crippen molar-refractivity contribution in [3.8, 4) is 23.7 Å². The number of hydrogen-bond acceptors (Lipinski definition) is 4. The van der Waals surface area contributed by atoms with Crippen LogP contribution in [0, 0.1) is 23.2 Å². The molecule has 140 valence electrons. The summed E-state index contributed by atoms with van der Waals surface area (Å²) in [5.74, 6) is 6.89. The van der Waals surface area contributed by atoms with E-state index in [9.17, 15) is 5.26 Å². The summed E-state index contributed by atoms with van der Waals surface area (Å²) in [7, 11) is 0. The van der Waals surface area contributed by atoms with E-state index in [1.54, 1.807) is 24.7 Å². The number of nitrogens with zero attached hydrogens (tertiary/aromatic N) is 3. The fourth-order valence-corrected chi connectivity index (χ4v) is 2.82. The van der Waals surface area contributed by atoms with Gasteiger partial charge in [0.25, 0.3) is 0 Å². The fraction of sp³-hybridized carbons (Fsp3) is 0.217. The predicted octanol–water partition coefficient (Wildman–Crippen LogP) is 3.45. The molecular formula is C23H22N4O. The van der Waals surface area contributed by atoms with Crippen molar-refractivity contribution in [3.63, 3.8) is 0 Å². The Labute approximate surface area is 165 Å². The summed E-state index contributed by atoms with van der Waals surface area (Å²) >= 11 is 0. The maximum Gasteiger partial charge on any atom is 0.137 e. The van der Waals surface area contributed by atoms with Gasteiger partial charge in [0.2, 0.25) is 0 Å². The zero-order valence-electron chi connectivity index (χ0n) is 16.0. The van der Waals surface area contributed by atoms with Crippen molar-refractivity contribution in [2.45, 2.75) is 33.0 Å². The summed E-state index contributed by atoms with van der Waals surface area (Å²) in [6.45, 7) is 5.01. The van der Waals surface area contributed by atoms with Crippen molar-refractivity contribution < 1.29 is 4.74 Å². The number of benzene rings is 2. The first-order valence-electron chi connectivity index (χ1n) is 9.09. The van der Waals surface area contributed by atoms with Crippen LogP contribution in [0.5, 0.6) is 5.75 Å². The van der Waals surface area contributed by atoms with E-state index >= 15 is 0 Å². The SMILES string of the molecule is CC(C)Oc1ccc(C#Cc2ccc(Cn3ccnc3)cc2CN)cc1C#N. The normalized spacial score (nSPS) is 10.2. The smallest absolute Gasteiger partial charge is 0.137 e. The standard InChI is InChI=1S/C23H22N4O/c1-17(2)28-23-8-5-18(11-22(23)14-25)3-6-20-7-4-19(12-21(20)13-24)15-27-10-9-26-16-27/h4-5,7-12,16-17H,13,15,24H2,1-2H3. The maximum atomic E-state index is 9.36. The number of imidazole rings is 1. The lowest BCUT2D eigenvalue weighted by atomic mass is 10.0. The van der Waals surface area contributed by atoms with Crippen LogP contribution in [-0.4, -0.2) is 15.7 Å². The van der Waals surface area contributed by atoms with Crippen molar-refractivity contribution >= 4 is 0 Å². The second-order valence-electron chi connectivity index (χ2n) is 6.67. The van der Waals surface area contributed by atoms with Gasteiger partial charge in [0.05, 0.1) is 18.0 Å². The molecule has 1 heterocycles. The van der Waals surface area contributed by atoms with Crippen LogP contribution < -0.4 is 10.5 Å². The molecule has 0 radical (unpaired) electrons. The molecule has 0 atom stereocenters. The van der Waals surface area contributed by atoms with Gasteiger partial charge in [0, 0.05) is 36.6 Å². The molecule has 0 unspecified atom stereocenters. The molecule has 5 nitrogen and oxygen atoms in total. The Hall–Kier alpha value is -3.54. The lowest BCUT2D eigenvalue weighted by molar-refractivity contribution is 0.241. The molecule has 0 saturated heterocycles. The van der Waals surface area contributed by atoms with Gasteiger partial charge in [-0.15, -0.1) is 0 Å². The van der Waals surface area contributed by atoms with E-state index in [0.29, 0.717) is 17.9 Å². The third-order valence-corrected chi connectivity index (χ3v) is 4.12. The molecule has 0 spiro atoms. The molecule has 2 N–H and O–H groups in total.